The van der Waals surface area contributed by atoms with E-state index in [1.165, 1.54) is 14.0 Å². The highest BCUT2D eigenvalue weighted by Crippen LogP contribution is 2.30. The van der Waals surface area contributed by atoms with Gasteiger partial charge in [-0.3, -0.25) is 9.69 Å². The highest BCUT2D eigenvalue weighted by Gasteiger charge is 2.38. The van der Waals surface area contributed by atoms with Crippen LogP contribution >= 0.6 is 11.6 Å². The Bertz CT molecular complexity index is 699. The van der Waals surface area contributed by atoms with Crippen molar-refractivity contribution >= 4 is 23.5 Å². The maximum Gasteiger partial charge on any atom is 0.406 e. The van der Waals surface area contributed by atoms with Crippen molar-refractivity contribution in [2.45, 2.75) is 32.0 Å². The summed E-state index contributed by atoms with van der Waals surface area (Å²) >= 11 is 6.04. The zero-order valence-electron chi connectivity index (χ0n) is 15.8. The minimum absolute atomic E-state index is 0.0242. The number of hydrogen-bond donors (Lipinski definition) is 0. The Morgan fingerprint density at radius 2 is 2.11 bits per heavy atom. The number of carbonyl (C=O) groups excluding carboxylic acids is 2. The van der Waals surface area contributed by atoms with Gasteiger partial charge >= 0.3 is 12.1 Å². The van der Waals surface area contributed by atoms with Crippen molar-refractivity contribution in [1.82, 2.24) is 9.80 Å². The summed E-state index contributed by atoms with van der Waals surface area (Å²) < 4.78 is 43.2. The van der Waals surface area contributed by atoms with Gasteiger partial charge in [-0.2, -0.15) is 13.2 Å². The van der Waals surface area contributed by atoms with E-state index in [0.717, 1.165) is 4.90 Å². The summed E-state index contributed by atoms with van der Waals surface area (Å²) in [6.07, 6.45) is -3.38. The van der Waals surface area contributed by atoms with Crippen LogP contribution < -0.4 is 0 Å². The summed E-state index contributed by atoms with van der Waals surface area (Å²) in [6, 6.07) is 6.01. The van der Waals surface area contributed by atoms with Crippen LogP contribution in [0.25, 0.3) is 0 Å². The number of carbonyl (C=O) groups is 2. The molecule has 0 N–H and O–H groups in total. The van der Waals surface area contributed by atoms with Crippen LogP contribution in [0.15, 0.2) is 24.3 Å². The smallest absolute Gasteiger partial charge is 0.406 e. The number of esters is 1. The minimum atomic E-state index is -4.45. The second-order valence-corrected chi connectivity index (χ2v) is 7.22. The third kappa shape index (κ3) is 5.85. The van der Waals surface area contributed by atoms with Crippen molar-refractivity contribution < 1.29 is 27.5 Å². The molecule has 1 aliphatic rings. The van der Waals surface area contributed by atoms with Crippen LogP contribution in [-0.4, -0.2) is 61.1 Å². The maximum atomic E-state index is 12.8. The lowest BCUT2D eigenvalue weighted by atomic mass is 9.93. The molecule has 0 aliphatic carbocycles. The Morgan fingerprint density at radius 3 is 2.68 bits per heavy atom. The average molecular weight is 421 g/mol. The van der Waals surface area contributed by atoms with Crippen molar-refractivity contribution in [1.29, 1.82) is 0 Å². The standard InChI is InChI=1S/C19H24ClF3N2O3/c1-3-24(12-19(21,22)23)17(26)14-7-5-9-25(11-14)16(18(27)28-2)13-6-4-8-15(20)10-13/h4,6,8,10,14,16H,3,5,7,9,11-12H2,1-2H3/t14-,16-/m1/s1. The van der Waals surface area contributed by atoms with Crippen LogP contribution in [-0.2, 0) is 14.3 Å². The summed E-state index contributed by atoms with van der Waals surface area (Å²) in [6.45, 7) is 0.936. The van der Waals surface area contributed by atoms with E-state index in [-0.39, 0.29) is 13.1 Å². The summed E-state index contributed by atoms with van der Waals surface area (Å²) in [7, 11) is 1.27. The van der Waals surface area contributed by atoms with Crippen LogP contribution in [0, 0.1) is 5.92 Å². The molecule has 1 amide bonds. The number of piperidine rings is 1. The molecule has 28 heavy (non-hydrogen) atoms. The lowest BCUT2D eigenvalue weighted by Crippen LogP contribution is -2.49. The molecule has 0 unspecified atom stereocenters. The first-order valence-electron chi connectivity index (χ1n) is 9.09. The number of likely N-dealkylation sites (tertiary alicyclic amines) is 1. The van der Waals surface area contributed by atoms with Crippen molar-refractivity contribution in [3.63, 3.8) is 0 Å². The fourth-order valence-electron chi connectivity index (χ4n) is 3.55. The average Bonchev–Trinajstić information content (AvgIpc) is 2.65. The van der Waals surface area contributed by atoms with Crippen molar-refractivity contribution in [2.75, 3.05) is 33.3 Å². The number of methoxy groups -OCH3 is 1. The molecule has 0 bridgehead atoms. The van der Waals surface area contributed by atoms with Gasteiger partial charge < -0.3 is 9.64 Å². The summed E-state index contributed by atoms with van der Waals surface area (Å²) in [5.74, 6) is -1.65. The quantitative estimate of drug-likeness (QED) is 0.659. The van der Waals surface area contributed by atoms with E-state index in [1.54, 1.807) is 29.2 Å². The molecule has 0 radical (unpaired) electrons. The largest absolute Gasteiger partial charge is 0.468 e. The molecule has 0 saturated carbocycles. The molecule has 1 heterocycles. The molecular formula is C19H24ClF3N2O3. The fourth-order valence-corrected chi connectivity index (χ4v) is 3.75. The number of amides is 1. The lowest BCUT2D eigenvalue weighted by molar-refractivity contribution is -0.165. The van der Waals surface area contributed by atoms with E-state index >= 15 is 0 Å². The SMILES string of the molecule is CCN(CC(F)(F)F)C(=O)[C@@H]1CCCN([C@@H](C(=O)OC)c2cccc(Cl)c2)C1. The molecule has 0 spiro atoms. The number of ether oxygens (including phenoxy) is 1. The Kier molecular flexibility index (Phi) is 7.71. The van der Waals surface area contributed by atoms with E-state index in [4.69, 9.17) is 16.3 Å². The van der Waals surface area contributed by atoms with E-state index < -0.39 is 36.6 Å². The summed E-state index contributed by atoms with van der Waals surface area (Å²) in [4.78, 5) is 27.7. The van der Waals surface area contributed by atoms with Gasteiger partial charge in [-0.05, 0) is 44.0 Å². The summed E-state index contributed by atoms with van der Waals surface area (Å²) in [5, 5.41) is 0.457. The minimum Gasteiger partial charge on any atom is -0.468 e. The molecule has 156 valence electrons. The first-order valence-corrected chi connectivity index (χ1v) is 9.47. The highest BCUT2D eigenvalue weighted by molar-refractivity contribution is 6.30. The molecule has 1 saturated heterocycles. The van der Waals surface area contributed by atoms with Crippen LogP contribution in [0.1, 0.15) is 31.4 Å². The fraction of sp³-hybridized carbons (Fsp3) is 0.579. The zero-order valence-corrected chi connectivity index (χ0v) is 16.6. The van der Waals surface area contributed by atoms with Gasteiger partial charge in [0, 0.05) is 18.1 Å². The Balaban J connectivity index is 2.21. The topological polar surface area (TPSA) is 49.9 Å². The molecule has 1 fully saturated rings. The Morgan fingerprint density at radius 1 is 1.39 bits per heavy atom. The number of nitrogens with zero attached hydrogens (tertiary/aromatic N) is 2. The van der Waals surface area contributed by atoms with Gasteiger partial charge in [0.2, 0.25) is 5.91 Å². The predicted molar refractivity (Wildman–Crippen MR) is 98.8 cm³/mol. The molecule has 1 aromatic carbocycles. The number of rotatable bonds is 6. The molecule has 0 aromatic heterocycles. The Labute approximate surface area is 167 Å². The first kappa shape index (κ1) is 22.5. The van der Waals surface area contributed by atoms with Gasteiger partial charge in [-0.15, -0.1) is 0 Å². The van der Waals surface area contributed by atoms with Crippen LogP contribution in [0.2, 0.25) is 5.02 Å². The molecule has 2 rings (SSSR count). The van der Waals surface area contributed by atoms with E-state index in [9.17, 15) is 22.8 Å². The first-order chi connectivity index (χ1) is 13.2. The Hall–Kier alpha value is -1.80. The van der Waals surface area contributed by atoms with Gasteiger partial charge in [0.15, 0.2) is 0 Å². The van der Waals surface area contributed by atoms with Crippen LogP contribution in [0.3, 0.4) is 0 Å². The number of hydrogen-bond acceptors (Lipinski definition) is 4. The molecular weight excluding hydrogens is 397 g/mol. The molecule has 2 atom stereocenters. The highest BCUT2D eigenvalue weighted by atomic mass is 35.5. The summed E-state index contributed by atoms with van der Waals surface area (Å²) in [5.41, 5.74) is 0.620. The molecule has 1 aliphatic heterocycles. The van der Waals surface area contributed by atoms with Crippen LogP contribution in [0.4, 0.5) is 13.2 Å². The van der Waals surface area contributed by atoms with E-state index in [0.29, 0.717) is 30.0 Å². The van der Waals surface area contributed by atoms with E-state index in [2.05, 4.69) is 0 Å². The van der Waals surface area contributed by atoms with Gasteiger partial charge in [0.1, 0.15) is 12.6 Å². The molecule has 9 heteroatoms. The third-order valence-electron chi connectivity index (χ3n) is 4.82. The second kappa shape index (κ2) is 9.60. The van der Waals surface area contributed by atoms with E-state index in [1.807, 2.05) is 0 Å². The predicted octanol–water partition coefficient (Wildman–Crippen LogP) is 3.68. The van der Waals surface area contributed by atoms with Crippen molar-refractivity contribution in [3.8, 4) is 0 Å². The maximum absolute atomic E-state index is 12.8. The second-order valence-electron chi connectivity index (χ2n) is 6.78. The monoisotopic (exact) mass is 420 g/mol. The zero-order chi connectivity index (χ0) is 20.9. The van der Waals surface area contributed by atoms with Crippen LogP contribution in [0.5, 0.6) is 0 Å². The van der Waals surface area contributed by atoms with Gasteiger partial charge in [-0.25, -0.2) is 4.79 Å². The molecule has 5 nitrogen and oxygen atoms in total. The number of halogens is 4. The third-order valence-corrected chi connectivity index (χ3v) is 5.05. The van der Waals surface area contributed by atoms with Crippen molar-refractivity contribution in [2.24, 2.45) is 5.92 Å². The molecule has 1 aromatic rings. The number of alkyl halides is 3. The lowest BCUT2D eigenvalue weighted by Gasteiger charge is -2.38. The van der Waals surface area contributed by atoms with Gasteiger partial charge in [-0.1, -0.05) is 23.7 Å². The normalized spacial score (nSPS) is 19.1. The number of benzene rings is 1. The van der Waals surface area contributed by atoms with Gasteiger partial charge in [0.05, 0.1) is 13.0 Å². The van der Waals surface area contributed by atoms with Gasteiger partial charge in [0.25, 0.3) is 0 Å². The van der Waals surface area contributed by atoms with Crippen molar-refractivity contribution in [3.05, 3.63) is 34.9 Å².